The van der Waals surface area contributed by atoms with Crippen LogP contribution in [-0.4, -0.2) is 46.1 Å². The van der Waals surface area contributed by atoms with Crippen molar-refractivity contribution >= 4 is 25.8 Å². The summed E-state index contributed by atoms with van der Waals surface area (Å²) in [4.78, 5) is 43.3. The number of hydrazine groups is 1. The zero-order valence-electron chi connectivity index (χ0n) is 42.8. The number of esters is 1. The minimum atomic E-state index is -4.44. The third kappa shape index (κ3) is 17.5. The highest BCUT2D eigenvalue weighted by molar-refractivity contribution is 7.48. The van der Waals surface area contributed by atoms with Gasteiger partial charge in [0.2, 0.25) is 12.3 Å². The molecular weight excluding hydrogens is 986 g/mol. The van der Waals surface area contributed by atoms with Crippen molar-refractivity contribution in [3.63, 3.8) is 0 Å². The van der Waals surface area contributed by atoms with Gasteiger partial charge in [0.05, 0.1) is 19.8 Å². The quantitative estimate of drug-likeness (QED) is 0.0183. The summed E-state index contributed by atoms with van der Waals surface area (Å²) in [5, 5.41) is 16.0. The Hall–Kier alpha value is -7.62. The van der Waals surface area contributed by atoms with Crippen LogP contribution in [0.4, 0.5) is 4.79 Å². The molecule has 7 aromatic carbocycles. The van der Waals surface area contributed by atoms with Crippen molar-refractivity contribution in [1.29, 1.82) is 0 Å². The summed E-state index contributed by atoms with van der Waals surface area (Å²) in [7, 11) is -4.44. The van der Waals surface area contributed by atoms with Gasteiger partial charge in [-0.1, -0.05) is 202 Å². The molecule has 3 N–H and O–H groups in total. The number of carbonyl (C=O) groups is 3. The van der Waals surface area contributed by atoms with Gasteiger partial charge in [-0.15, -0.1) is 0 Å². The van der Waals surface area contributed by atoms with Gasteiger partial charge in [-0.3, -0.25) is 13.8 Å². The Morgan fingerprint density at radius 1 is 0.553 bits per heavy atom. The van der Waals surface area contributed by atoms with Crippen molar-refractivity contribution in [2.75, 3.05) is 0 Å². The zero-order chi connectivity index (χ0) is 53.6. The molecule has 7 aromatic rings. The van der Waals surface area contributed by atoms with E-state index in [-0.39, 0.29) is 69.9 Å². The Kier molecular flexibility index (Phi) is 20.9. The number of rotatable bonds is 28. The lowest BCUT2D eigenvalue weighted by atomic mass is 9.90. The van der Waals surface area contributed by atoms with Gasteiger partial charge in [0.1, 0.15) is 31.4 Å². The number of phosphoric ester groups is 1. The summed E-state index contributed by atoms with van der Waals surface area (Å²) < 4.78 is 56.9. The van der Waals surface area contributed by atoms with Gasteiger partial charge < -0.3 is 33.9 Å². The molecule has 396 valence electrons. The molecule has 0 saturated heterocycles. The third-order valence-corrected chi connectivity index (χ3v) is 13.2. The molecule has 76 heavy (non-hydrogen) atoms. The summed E-state index contributed by atoms with van der Waals surface area (Å²) in [6.07, 6.45) is -3.15. The van der Waals surface area contributed by atoms with Gasteiger partial charge in [0.15, 0.2) is 11.5 Å². The number of benzene rings is 7. The molecule has 0 aliphatic heterocycles. The lowest BCUT2D eigenvalue weighted by Crippen LogP contribution is -2.68. The van der Waals surface area contributed by atoms with Crippen LogP contribution in [-0.2, 0) is 83.5 Å². The fraction of sp³-hybridized carbons (Fsp3) is 0.250. The van der Waals surface area contributed by atoms with Crippen LogP contribution in [0.2, 0.25) is 0 Å². The molecule has 0 fully saturated rings. The van der Waals surface area contributed by atoms with E-state index in [9.17, 15) is 19.3 Å². The predicted molar refractivity (Wildman–Crippen MR) is 286 cm³/mol. The third-order valence-electron chi connectivity index (χ3n) is 11.9. The van der Waals surface area contributed by atoms with Crippen LogP contribution in [0.5, 0.6) is 11.5 Å². The van der Waals surface area contributed by atoms with Crippen molar-refractivity contribution in [2.45, 2.75) is 91.2 Å². The zero-order valence-corrected chi connectivity index (χ0v) is 43.7. The molecule has 0 bridgehead atoms. The topological polar surface area (TPSA) is 180 Å². The standard InChI is InChI=1S/C60H64N3O12P/c1-45(2)36-53(56(64)70-40-47-24-12-5-13-25-47)61-57(65)60(3,63(59(67)72-42-49-28-16-7-17-29-49)62-58(66)71-41-48-26-14-6-15-27-48)38-52-34-35-54(55(37-52)69-39-46-22-10-4-11-23-46)75-76(68,73-43-50-30-18-8-19-31-50)74-44-51-32-20-9-21-33-51/h4-35,37,45,53,59,67H,36,38-44H2,1-3H3,(H,61,65)(H,62,66)/t53-,59?,60-/m0/s1. The second-order valence-corrected chi connectivity index (χ2v) is 20.1. The van der Waals surface area contributed by atoms with Gasteiger partial charge in [0.25, 0.3) is 0 Å². The van der Waals surface area contributed by atoms with Crippen LogP contribution in [0.15, 0.2) is 200 Å². The molecule has 0 heterocycles. The first-order chi connectivity index (χ1) is 36.8. The lowest BCUT2D eigenvalue weighted by Gasteiger charge is -2.42. The molecular formula is C60H64N3O12P. The molecule has 7 rings (SSSR count). The maximum atomic E-state index is 15.4. The monoisotopic (exact) mass is 1050 g/mol. The highest BCUT2D eigenvalue weighted by Gasteiger charge is 2.47. The number of carbonyl (C=O) groups excluding carboxylic acids is 3. The van der Waals surface area contributed by atoms with Crippen LogP contribution in [0.25, 0.3) is 0 Å². The second kappa shape index (κ2) is 28.3. The number of nitrogens with one attached hydrogen (secondary N) is 2. The summed E-state index contributed by atoms with van der Waals surface area (Å²) >= 11 is 0. The molecule has 2 amide bonds. The van der Waals surface area contributed by atoms with E-state index in [4.69, 9.17) is 32.5 Å². The molecule has 16 heteroatoms. The van der Waals surface area contributed by atoms with E-state index in [1.807, 2.05) is 147 Å². The first-order valence-electron chi connectivity index (χ1n) is 24.9. The van der Waals surface area contributed by atoms with Crippen LogP contribution in [0, 0.1) is 5.92 Å². The average molecular weight is 1050 g/mol. The second-order valence-electron chi connectivity index (χ2n) is 18.5. The molecule has 0 saturated carbocycles. The van der Waals surface area contributed by atoms with E-state index in [1.54, 1.807) is 60.7 Å². The Morgan fingerprint density at radius 3 is 1.46 bits per heavy atom. The predicted octanol–water partition coefficient (Wildman–Crippen LogP) is 11.4. The van der Waals surface area contributed by atoms with Gasteiger partial charge in [-0.05, 0) is 70.3 Å². The van der Waals surface area contributed by atoms with Crippen molar-refractivity contribution in [3.05, 3.63) is 239 Å². The highest BCUT2D eigenvalue weighted by Crippen LogP contribution is 2.53. The van der Waals surface area contributed by atoms with E-state index in [2.05, 4.69) is 10.7 Å². The molecule has 0 aliphatic rings. The highest BCUT2D eigenvalue weighted by atomic mass is 31.2. The molecule has 0 spiro atoms. The van der Waals surface area contributed by atoms with Gasteiger partial charge in [-0.25, -0.2) is 19.6 Å². The molecule has 15 nitrogen and oxygen atoms in total. The minimum Gasteiger partial charge on any atom is -0.485 e. The van der Waals surface area contributed by atoms with Gasteiger partial charge in [-0.2, -0.15) is 5.01 Å². The summed E-state index contributed by atoms with van der Waals surface area (Å²) in [6, 6.07) is 58.4. The van der Waals surface area contributed by atoms with E-state index in [1.165, 1.54) is 13.0 Å². The van der Waals surface area contributed by atoms with Crippen molar-refractivity contribution in [1.82, 2.24) is 15.8 Å². The molecule has 1 unspecified atom stereocenters. The Balaban J connectivity index is 1.27. The first kappa shape index (κ1) is 56.1. The maximum Gasteiger partial charge on any atom is 0.530 e. The number of nitrogens with zero attached hydrogens (tertiary/aromatic N) is 1. The first-order valence-corrected chi connectivity index (χ1v) is 26.4. The van der Waals surface area contributed by atoms with Gasteiger partial charge in [0, 0.05) is 6.42 Å². The van der Waals surface area contributed by atoms with Crippen molar-refractivity contribution in [3.8, 4) is 11.5 Å². The fourth-order valence-corrected chi connectivity index (χ4v) is 9.03. The smallest absolute Gasteiger partial charge is 0.485 e. The fourth-order valence-electron chi connectivity index (χ4n) is 7.85. The summed E-state index contributed by atoms with van der Waals surface area (Å²) in [5.41, 5.74) is 5.33. The number of amides is 2. The largest absolute Gasteiger partial charge is 0.530 e. The van der Waals surface area contributed by atoms with Crippen LogP contribution in [0.1, 0.15) is 66.1 Å². The van der Waals surface area contributed by atoms with Crippen LogP contribution in [0.3, 0.4) is 0 Å². The number of phosphoric acid groups is 1. The van der Waals surface area contributed by atoms with Crippen LogP contribution < -0.4 is 20.0 Å². The Labute approximate surface area is 444 Å². The Bertz CT molecular complexity index is 2880. The Morgan fingerprint density at radius 2 is 0.987 bits per heavy atom. The normalized spacial score (nSPS) is 13.0. The molecule has 0 radical (unpaired) electrons. The summed E-state index contributed by atoms with van der Waals surface area (Å²) in [5.74, 6) is -1.52. The van der Waals surface area contributed by atoms with E-state index in [0.29, 0.717) is 16.7 Å². The molecule has 3 atom stereocenters. The number of aliphatic hydroxyl groups is 1. The number of ether oxygens (including phenoxy) is 4. The molecule has 0 aliphatic carbocycles. The van der Waals surface area contributed by atoms with Crippen molar-refractivity contribution in [2.24, 2.45) is 5.92 Å². The average Bonchev–Trinajstić information content (AvgIpc) is 3.45. The SMILES string of the molecule is CC(C)C[C@H](NC(=O)[C@](C)(Cc1ccc(OP(=O)(OCc2ccccc2)OCc2ccccc2)c(OCc2ccccc2)c1)N(NC(=O)OCc1ccccc1)C(O)OCc1ccccc1)C(=O)OCc1ccccc1. The number of hydrogen-bond acceptors (Lipinski definition) is 13. The lowest BCUT2D eigenvalue weighted by molar-refractivity contribution is -0.241. The van der Waals surface area contributed by atoms with Crippen LogP contribution >= 0.6 is 7.82 Å². The van der Waals surface area contributed by atoms with E-state index >= 15 is 4.79 Å². The maximum absolute atomic E-state index is 15.4. The minimum absolute atomic E-state index is 0.0147. The van der Waals surface area contributed by atoms with Crippen molar-refractivity contribution < 1.29 is 56.6 Å². The molecule has 0 aromatic heterocycles. The summed E-state index contributed by atoms with van der Waals surface area (Å²) in [6.45, 7) is 4.77. The van der Waals surface area contributed by atoms with Gasteiger partial charge >= 0.3 is 19.9 Å². The number of aliphatic hydroxyl groups excluding tert-OH is 1. The van der Waals surface area contributed by atoms with E-state index < -0.39 is 43.8 Å². The number of hydrogen-bond donors (Lipinski definition) is 3. The van der Waals surface area contributed by atoms with E-state index in [0.717, 1.165) is 27.3 Å².